The van der Waals surface area contributed by atoms with Crippen LogP contribution in [0.5, 0.6) is 5.75 Å². The summed E-state index contributed by atoms with van der Waals surface area (Å²) in [6, 6.07) is 18.7. The van der Waals surface area contributed by atoms with Crippen molar-refractivity contribution in [2.45, 2.75) is 13.2 Å². The van der Waals surface area contributed by atoms with E-state index in [2.05, 4.69) is 41.7 Å². The minimum Gasteiger partial charge on any atom is -0.489 e. The SMILES string of the molecule is c1ccc(COc2ccc(C[NH2+]CC[NH+]3CCOCC3)cc2)cc1. The molecule has 0 bridgehead atoms. The topological polar surface area (TPSA) is 39.5 Å². The van der Waals surface area contributed by atoms with Crippen LogP contribution < -0.4 is 15.0 Å². The number of quaternary nitrogens is 2. The predicted molar refractivity (Wildman–Crippen MR) is 94.1 cm³/mol. The monoisotopic (exact) mass is 328 g/mol. The van der Waals surface area contributed by atoms with E-state index in [0.717, 1.165) is 38.6 Å². The molecule has 3 N–H and O–H groups in total. The number of hydrogen-bond acceptors (Lipinski definition) is 2. The maximum Gasteiger partial charge on any atom is 0.127 e. The van der Waals surface area contributed by atoms with E-state index in [4.69, 9.17) is 9.47 Å². The Morgan fingerprint density at radius 3 is 2.42 bits per heavy atom. The van der Waals surface area contributed by atoms with E-state index in [1.54, 1.807) is 4.90 Å². The first-order valence-corrected chi connectivity index (χ1v) is 8.89. The fourth-order valence-electron chi connectivity index (χ4n) is 2.95. The van der Waals surface area contributed by atoms with E-state index in [0.29, 0.717) is 6.61 Å². The zero-order valence-electron chi connectivity index (χ0n) is 14.2. The van der Waals surface area contributed by atoms with Gasteiger partial charge in [0.05, 0.1) is 13.2 Å². The predicted octanol–water partition coefficient (Wildman–Crippen LogP) is 0.244. The Morgan fingerprint density at radius 2 is 1.67 bits per heavy atom. The van der Waals surface area contributed by atoms with Gasteiger partial charge in [-0.2, -0.15) is 0 Å². The molecule has 3 rings (SSSR count). The molecule has 0 aromatic heterocycles. The minimum absolute atomic E-state index is 0.620. The van der Waals surface area contributed by atoms with E-state index >= 15 is 0 Å². The van der Waals surface area contributed by atoms with Crippen molar-refractivity contribution >= 4 is 0 Å². The molecule has 0 spiro atoms. The van der Waals surface area contributed by atoms with E-state index in [1.165, 1.54) is 24.2 Å². The molecular weight excluding hydrogens is 300 g/mol. The van der Waals surface area contributed by atoms with Crippen LogP contribution in [0.25, 0.3) is 0 Å². The lowest BCUT2D eigenvalue weighted by Crippen LogP contribution is -3.16. The molecule has 0 unspecified atom stereocenters. The molecule has 128 valence electrons. The Hall–Kier alpha value is -1.88. The summed E-state index contributed by atoms with van der Waals surface area (Å²) in [5.41, 5.74) is 2.54. The molecule has 0 atom stereocenters. The number of nitrogens with one attached hydrogen (secondary N) is 1. The molecule has 1 heterocycles. The molecule has 24 heavy (non-hydrogen) atoms. The highest BCUT2D eigenvalue weighted by Gasteiger charge is 2.13. The summed E-state index contributed by atoms with van der Waals surface area (Å²) in [5.74, 6) is 0.931. The van der Waals surface area contributed by atoms with Crippen molar-refractivity contribution in [2.24, 2.45) is 0 Å². The Morgan fingerprint density at radius 1 is 0.917 bits per heavy atom. The highest BCUT2D eigenvalue weighted by Crippen LogP contribution is 2.13. The van der Waals surface area contributed by atoms with Gasteiger partial charge in [-0.15, -0.1) is 0 Å². The first-order chi connectivity index (χ1) is 11.9. The van der Waals surface area contributed by atoms with Crippen LogP contribution >= 0.6 is 0 Å². The van der Waals surface area contributed by atoms with Crippen LogP contribution in [-0.2, 0) is 17.9 Å². The zero-order valence-corrected chi connectivity index (χ0v) is 14.2. The molecule has 1 saturated heterocycles. The van der Waals surface area contributed by atoms with Gasteiger partial charge in [0, 0.05) is 5.56 Å². The highest BCUT2D eigenvalue weighted by molar-refractivity contribution is 5.27. The maximum atomic E-state index is 5.83. The third-order valence-electron chi connectivity index (χ3n) is 4.45. The molecule has 2 aromatic rings. The number of nitrogens with two attached hydrogens (primary N) is 1. The van der Waals surface area contributed by atoms with Crippen molar-refractivity contribution in [3.05, 3.63) is 65.7 Å². The summed E-state index contributed by atoms with van der Waals surface area (Å²) in [6.07, 6.45) is 0. The van der Waals surface area contributed by atoms with Gasteiger partial charge in [0.1, 0.15) is 45.1 Å². The molecule has 1 fully saturated rings. The van der Waals surface area contributed by atoms with Crippen molar-refractivity contribution in [2.75, 3.05) is 39.4 Å². The third kappa shape index (κ3) is 5.64. The van der Waals surface area contributed by atoms with Crippen LogP contribution in [0.3, 0.4) is 0 Å². The van der Waals surface area contributed by atoms with Gasteiger partial charge in [0.25, 0.3) is 0 Å². The zero-order chi connectivity index (χ0) is 16.5. The lowest BCUT2D eigenvalue weighted by Gasteiger charge is -2.22. The van der Waals surface area contributed by atoms with Gasteiger partial charge < -0.3 is 19.7 Å². The van der Waals surface area contributed by atoms with E-state index in [1.807, 2.05) is 18.2 Å². The van der Waals surface area contributed by atoms with Gasteiger partial charge in [-0.25, -0.2) is 0 Å². The van der Waals surface area contributed by atoms with Crippen LogP contribution in [0, 0.1) is 0 Å². The summed E-state index contributed by atoms with van der Waals surface area (Å²) < 4.78 is 11.2. The van der Waals surface area contributed by atoms with Crippen molar-refractivity contribution < 1.29 is 19.7 Å². The normalized spacial score (nSPS) is 15.3. The number of ether oxygens (including phenoxy) is 2. The van der Waals surface area contributed by atoms with Crippen LogP contribution in [0.1, 0.15) is 11.1 Å². The standard InChI is InChI=1S/C20H26N2O2/c1-2-4-19(5-3-1)17-24-20-8-6-18(7-9-20)16-21-10-11-22-12-14-23-15-13-22/h1-9,21H,10-17H2/p+2. The molecule has 4 heteroatoms. The molecule has 1 aliphatic heterocycles. The van der Waals surface area contributed by atoms with E-state index < -0.39 is 0 Å². The Kier molecular flexibility index (Phi) is 6.66. The number of benzene rings is 2. The third-order valence-corrected chi connectivity index (χ3v) is 4.45. The van der Waals surface area contributed by atoms with Gasteiger partial charge in [-0.1, -0.05) is 30.3 Å². The molecule has 2 aromatic carbocycles. The van der Waals surface area contributed by atoms with Crippen LogP contribution in [0.15, 0.2) is 54.6 Å². The average Bonchev–Trinajstić information content (AvgIpc) is 2.66. The fourth-order valence-corrected chi connectivity index (χ4v) is 2.95. The van der Waals surface area contributed by atoms with E-state index in [-0.39, 0.29) is 0 Å². The lowest BCUT2D eigenvalue weighted by atomic mass is 10.2. The van der Waals surface area contributed by atoms with Crippen LogP contribution in [0.2, 0.25) is 0 Å². The second-order valence-corrected chi connectivity index (χ2v) is 6.31. The van der Waals surface area contributed by atoms with Gasteiger partial charge in [0.2, 0.25) is 0 Å². The first kappa shape index (κ1) is 17.0. The summed E-state index contributed by atoms with van der Waals surface area (Å²) in [4.78, 5) is 1.67. The number of hydrogen-bond donors (Lipinski definition) is 2. The number of morpholine rings is 1. The van der Waals surface area contributed by atoms with Crippen molar-refractivity contribution in [3.63, 3.8) is 0 Å². The molecule has 4 nitrogen and oxygen atoms in total. The maximum absolute atomic E-state index is 5.83. The molecular formula is C20H28N2O2+2. The summed E-state index contributed by atoms with van der Waals surface area (Å²) in [7, 11) is 0. The Balaban J connectivity index is 1.35. The minimum atomic E-state index is 0.620. The van der Waals surface area contributed by atoms with Crippen molar-refractivity contribution in [1.82, 2.24) is 0 Å². The van der Waals surface area contributed by atoms with Crippen molar-refractivity contribution in [3.8, 4) is 5.75 Å². The molecule has 0 saturated carbocycles. The molecule has 0 amide bonds. The summed E-state index contributed by atoms with van der Waals surface area (Å²) in [5, 5.41) is 2.39. The average molecular weight is 328 g/mol. The van der Waals surface area contributed by atoms with Gasteiger partial charge in [-0.05, 0) is 29.8 Å². The summed E-state index contributed by atoms with van der Waals surface area (Å²) >= 11 is 0. The van der Waals surface area contributed by atoms with Gasteiger partial charge >= 0.3 is 0 Å². The molecule has 1 aliphatic rings. The van der Waals surface area contributed by atoms with E-state index in [9.17, 15) is 0 Å². The summed E-state index contributed by atoms with van der Waals surface area (Å²) in [6.45, 7) is 8.18. The Labute approximate surface area is 144 Å². The fraction of sp³-hybridized carbons (Fsp3) is 0.400. The van der Waals surface area contributed by atoms with Gasteiger partial charge in [-0.3, -0.25) is 0 Å². The largest absolute Gasteiger partial charge is 0.489 e. The number of rotatable bonds is 8. The Bertz CT molecular complexity index is 580. The van der Waals surface area contributed by atoms with Crippen LogP contribution in [-0.4, -0.2) is 39.4 Å². The highest BCUT2D eigenvalue weighted by atomic mass is 16.5. The molecule has 0 radical (unpaired) electrons. The molecule has 0 aliphatic carbocycles. The first-order valence-electron chi connectivity index (χ1n) is 8.89. The quantitative estimate of drug-likeness (QED) is 0.682. The smallest absolute Gasteiger partial charge is 0.127 e. The lowest BCUT2D eigenvalue weighted by molar-refractivity contribution is -0.920. The van der Waals surface area contributed by atoms with Gasteiger partial charge in [0.15, 0.2) is 0 Å². The second kappa shape index (κ2) is 9.42. The van der Waals surface area contributed by atoms with Crippen LogP contribution in [0.4, 0.5) is 0 Å². The van der Waals surface area contributed by atoms with Crippen molar-refractivity contribution in [1.29, 1.82) is 0 Å². The second-order valence-electron chi connectivity index (χ2n) is 6.31.